The van der Waals surface area contributed by atoms with E-state index in [-0.39, 0.29) is 24.0 Å². The van der Waals surface area contributed by atoms with Gasteiger partial charge in [-0.15, -0.1) is 12.4 Å². The lowest BCUT2D eigenvalue weighted by Crippen LogP contribution is -2.41. The minimum atomic E-state index is -0.122. The first-order valence-electron chi connectivity index (χ1n) is 9.72. The molecule has 6 nitrogen and oxygen atoms in total. The number of hydrogen-bond acceptors (Lipinski definition) is 4. The van der Waals surface area contributed by atoms with Gasteiger partial charge in [-0.25, -0.2) is 9.79 Å². The van der Waals surface area contributed by atoms with Crippen molar-refractivity contribution < 1.29 is 9.47 Å². The number of aryl methyl sites for hydroxylation is 1. The summed E-state index contributed by atoms with van der Waals surface area (Å²) in [4.78, 5) is 17.9. The fraction of sp³-hybridized carbons (Fsp3) is 0.304. The Morgan fingerprint density at radius 1 is 1.13 bits per heavy atom. The summed E-state index contributed by atoms with van der Waals surface area (Å²) in [6.45, 7) is 4.63. The molecular weight excluding hydrogens is 437 g/mol. The van der Waals surface area contributed by atoms with E-state index < -0.39 is 0 Å². The summed E-state index contributed by atoms with van der Waals surface area (Å²) in [5.74, 6) is 1.45. The fourth-order valence-electron chi connectivity index (χ4n) is 3.96. The van der Waals surface area contributed by atoms with Crippen molar-refractivity contribution in [2.45, 2.75) is 26.3 Å². The Morgan fingerprint density at radius 3 is 2.45 bits per heavy atom. The first kappa shape index (κ1) is 23.0. The Balaban J connectivity index is 0.00000272. The molecule has 0 amide bonds. The molecule has 0 saturated heterocycles. The van der Waals surface area contributed by atoms with Gasteiger partial charge in [-0.3, -0.25) is 9.13 Å². The van der Waals surface area contributed by atoms with E-state index in [1.807, 2.05) is 37.3 Å². The Hall–Kier alpha value is -2.70. The van der Waals surface area contributed by atoms with E-state index in [4.69, 9.17) is 26.1 Å². The predicted octanol–water partition coefficient (Wildman–Crippen LogP) is 4.60. The molecule has 0 fully saturated rings. The van der Waals surface area contributed by atoms with Crippen molar-refractivity contribution in [2.24, 2.45) is 12.0 Å². The average molecular weight is 462 g/mol. The molecule has 2 aromatic carbocycles. The van der Waals surface area contributed by atoms with Crippen LogP contribution in [-0.2, 0) is 13.6 Å². The molecule has 0 aliphatic carbocycles. The molecule has 8 heteroatoms. The second-order valence-corrected chi connectivity index (χ2v) is 7.96. The lowest BCUT2D eigenvalue weighted by atomic mass is 9.89. The number of aromatic nitrogens is 2. The molecule has 0 radical (unpaired) electrons. The van der Waals surface area contributed by atoms with Gasteiger partial charge in [0.2, 0.25) is 0 Å². The van der Waals surface area contributed by atoms with Crippen molar-refractivity contribution in [1.29, 1.82) is 0 Å². The molecule has 0 spiro atoms. The Kier molecular flexibility index (Phi) is 6.53. The highest BCUT2D eigenvalue weighted by Gasteiger charge is 2.26. The van der Waals surface area contributed by atoms with Gasteiger partial charge in [-0.05, 0) is 36.2 Å². The van der Waals surface area contributed by atoms with Gasteiger partial charge >= 0.3 is 5.69 Å². The first-order chi connectivity index (χ1) is 14.3. The highest BCUT2D eigenvalue weighted by atomic mass is 35.5. The van der Waals surface area contributed by atoms with E-state index in [0.717, 1.165) is 22.4 Å². The van der Waals surface area contributed by atoms with Crippen LogP contribution in [0.15, 0.2) is 46.2 Å². The van der Waals surface area contributed by atoms with Gasteiger partial charge in [0.1, 0.15) is 5.49 Å². The fourth-order valence-corrected chi connectivity index (χ4v) is 4.23. The van der Waals surface area contributed by atoms with Gasteiger partial charge in [-0.1, -0.05) is 30.7 Å². The second-order valence-electron chi connectivity index (χ2n) is 7.55. The number of fused-ring (bicyclic) bond motifs is 3. The lowest BCUT2D eigenvalue weighted by Gasteiger charge is -2.28. The van der Waals surface area contributed by atoms with E-state index in [9.17, 15) is 4.79 Å². The summed E-state index contributed by atoms with van der Waals surface area (Å²) in [6.07, 6.45) is 0. The van der Waals surface area contributed by atoms with Crippen LogP contribution >= 0.6 is 24.0 Å². The van der Waals surface area contributed by atoms with Crippen molar-refractivity contribution in [3.05, 3.63) is 68.5 Å². The summed E-state index contributed by atoms with van der Waals surface area (Å²) < 4.78 is 14.3. The zero-order valence-corrected chi connectivity index (χ0v) is 19.7. The van der Waals surface area contributed by atoms with E-state index in [0.29, 0.717) is 34.2 Å². The smallest absolute Gasteiger partial charge is 0.329 e. The summed E-state index contributed by atoms with van der Waals surface area (Å²) in [6, 6.07) is 11.5. The van der Waals surface area contributed by atoms with Crippen molar-refractivity contribution in [2.75, 3.05) is 14.2 Å². The van der Waals surface area contributed by atoms with Crippen molar-refractivity contribution >= 4 is 29.7 Å². The minimum Gasteiger partial charge on any atom is -0.493 e. The molecule has 0 N–H and O–H groups in total. The number of ether oxygens (including phenoxy) is 2. The number of halogens is 2. The summed E-state index contributed by atoms with van der Waals surface area (Å²) in [7, 11) is 4.96. The predicted molar refractivity (Wildman–Crippen MR) is 125 cm³/mol. The van der Waals surface area contributed by atoms with Crippen LogP contribution in [0.3, 0.4) is 0 Å². The van der Waals surface area contributed by atoms with Crippen LogP contribution in [0.1, 0.15) is 24.0 Å². The molecule has 3 aromatic rings. The van der Waals surface area contributed by atoms with Crippen LogP contribution < -0.4 is 20.7 Å². The van der Waals surface area contributed by atoms with Crippen LogP contribution in [0.4, 0.5) is 5.69 Å². The van der Waals surface area contributed by atoms with Crippen LogP contribution in [-0.4, -0.2) is 23.4 Å². The maximum Gasteiger partial charge on any atom is 0.329 e. The van der Waals surface area contributed by atoms with Gasteiger partial charge < -0.3 is 9.47 Å². The van der Waals surface area contributed by atoms with Gasteiger partial charge in [-0.2, -0.15) is 0 Å². The van der Waals surface area contributed by atoms with Gasteiger partial charge in [0.25, 0.3) is 0 Å². The topological polar surface area (TPSA) is 57.8 Å². The highest BCUT2D eigenvalue weighted by molar-refractivity contribution is 6.33. The third-order valence-electron chi connectivity index (χ3n) is 5.65. The van der Waals surface area contributed by atoms with Crippen LogP contribution in [0.25, 0.3) is 11.3 Å². The Morgan fingerprint density at radius 2 is 1.81 bits per heavy atom. The van der Waals surface area contributed by atoms with E-state index in [2.05, 4.69) is 6.92 Å². The molecule has 1 aliphatic rings. The van der Waals surface area contributed by atoms with Gasteiger partial charge in [0.05, 0.1) is 30.6 Å². The minimum absolute atomic E-state index is 0. The third-order valence-corrected chi connectivity index (χ3v) is 5.96. The van der Waals surface area contributed by atoms with Crippen LogP contribution in [0.2, 0.25) is 5.02 Å². The molecule has 1 atom stereocenters. The van der Waals surface area contributed by atoms with Crippen LogP contribution in [0, 0.1) is 6.92 Å². The number of benzene rings is 2. The molecule has 1 aliphatic heterocycles. The summed E-state index contributed by atoms with van der Waals surface area (Å²) in [5.41, 5.74) is 4.88. The lowest BCUT2D eigenvalue weighted by molar-refractivity contribution is 0.354. The molecule has 1 aromatic heterocycles. The maximum atomic E-state index is 13.2. The van der Waals surface area contributed by atoms with Crippen molar-refractivity contribution in [3.63, 3.8) is 0 Å². The zero-order valence-electron chi connectivity index (χ0n) is 18.1. The summed E-state index contributed by atoms with van der Waals surface area (Å²) in [5, 5.41) is 0.549. The normalized spacial score (nSPS) is 15.0. The van der Waals surface area contributed by atoms with Gasteiger partial charge in [0.15, 0.2) is 11.5 Å². The number of para-hydroxylation sites is 1. The van der Waals surface area contributed by atoms with E-state index >= 15 is 0 Å². The SMILES string of the molecule is COc1cc2c(cc1OC)C(C)Cn1c-2cc(=Nc2c(C)cccc2Cl)n(C)c1=O.Cl. The van der Waals surface area contributed by atoms with Crippen molar-refractivity contribution in [1.82, 2.24) is 9.13 Å². The monoisotopic (exact) mass is 461 g/mol. The van der Waals surface area contributed by atoms with E-state index in [1.165, 1.54) is 0 Å². The zero-order chi connectivity index (χ0) is 21.6. The molecule has 2 heterocycles. The van der Waals surface area contributed by atoms with Gasteiger partial charge in [0, 0.05) is 31.1 Å². The molecule has 1 unspecified atom stereocenters. The maximum absolute atomic E-state index is 13.2. The number of hydrogen-bond donors (Lipinski definition) is 0. The van der Waals surface area contributed by atoms with Crippen LogP contribution in [0.5, 0.6) is 11.5 Å². The third kappa shape index (κ3) is 3.86. The molecule has 4 rings (SSSR count). The molecule has 31 heavy (non-hydrogen) atoms. The molecule has 0 bridgehead atoms. The Labute approximate surface area is 192 Å². The number of rotatable bonds is 3. The summed E-state index contributed by atoms with van der Waals surface area (Å²) >= 11 is 6.37. The number of nitrogens with zero attached hydrogens (tertiary/aromatic N) is 3. The molecular formula is C23H25Cl2N3O3. The largest absolute Gasteiger partial charge is 0.493 e. The highest BCUT2D eigenvalue weighted by Crippen LogP contribution is 2.41. The quantitative estimate of drug-likeness (QED) is 0.572. The number of methoxy groups -OCH3 is 2. The molecule has 164 valence electrons. The standard InChI is InChI=1S/C23H24ClN3O3.ClH/c1-13-7-6-8-17(24)22(13)25-21-11-18-16-10-20(30-5)19(29-4)9-15(16)14(2)12-27(18)23(28)26(21)3;/h6-11,14H,12H2,1-5H3;1H. The first-order valence-corrected chi connectivity index (χ1v) is 10.1. The Bertz CT molecular complexity index is 1260. The molecule has 0 saturated carbocycles. The van der Waals surface area contributed by atoms with Crippen molar-refractivity contribution in [3.8, 4) is 22.8 Å². The second kappa shape index (κ2) is 8.81. The van der Waals surface area contributed by atoms with E-state index in [1.54, 1.807) is 36.5 Å². The average Bonchev–Trinajstić information content (AvgIpc) is 2.74.